The third-order valence-corrected chi connectivity index (χ3v) is 4.11. The molecule has 0 saturated carbocycles. The molecule has 1 aromatic heterocycles. The summed E-state index contributed by atoms with van der Waals surface area (Å²) >= 11 is 11.2. The van der Waals surface area contributed by atoms with Gasteiger partial charge in [0.2, 0.25) is 4.77 Å². The average molecular weight is 356 g/mol. The van der Waals surface area contributed by atoms with E-state index >= 15 is 0 Å². The third kappa shape index (κ3) is 2.44. The molecule has 0 aliphatic carbocycles. The zero-order valence-corrected chi connectivity index (χ0v) is 13.7. The summed E-state index contributed by atoms with van der Waals surface area (Å²) in [5.74, 6) is 0.225. The van der Waals surface area contributed by atoms with Crippen LogP contribution in [0.3, 0.4) is 0 Å². The van der Waals surface area contributed by atoms with Gasteiger partial charge in [-0.15, -0.1) is 0 Å². The Morgan fingerprint density at radius 3 is 2.67 bits per heavy atom. The van der Waals surface area contributed by atoms with Crippen molar-refractivity contribution >= 4 is 41.1 Å². The van der Waals surface area contributed by atoms with Crippen molar-refractivity contribution in [2.24, 2.45) is 5.10 Å². The lowest BCUT2D eigenvalue weighted by Crippen LogP contribution is -2.16. The first kappa shape index (κ1) is 14.8. The molecule has 0 bridgehead atoms. The number of carbonyl (C=O) groups excluding carboxylic acids is 1. The summed E-state index contributed by atoms with van der Waals surface area (Å²) in [6.07, 6.45) is 0. The van der Waals surface area contributed by atoms with Gasteiger partial charge in [-0.3, -0.25) is 4.79 Å². The van der Waals surface area contributed by atoms with Crippen molar-refractivity contribution in [1.82, 2.24) is 14.9 Å². The number of aromatic nitrogens is 3. The van der Waals surface area contributed by atoms with Gasteiger partial charge in [0.05, 0.1) is 5.69 Å². The first-order valence-electron chi connectivity index (χ1n) is 7.06. The van der Waals surface area contributed by atoms with Gasteiger partial charge in [-0.25, -0.2) is 5.10 Å². The molecule has 3 aromatic rings. The van der Waals surface area contributed by atoms with Crippen molar-refractivity contribution in [3.8, 4) is 11.4 Å². The Hall–Kier alpha value is -2.77. The second kappa shape index (κ2) is 5.70. The fourth-order valence-electron chi connectivity index (χ4n) is 2.47. The molecular weight excluding hydrogens is 346 g/mol. The van der Waals surface area contributed by atoms with Crippen LogP contribution in [-0.2, 0) is 4.79 Å². The molecule has 2 aromatic carbocycles. The van der Waals surface area contributed by atoms with Crippen LogP contribution in [0.2, 0.25) is 5.02 Å². The van der Waals surface area contributed by atoms with Crippen molar-refractivity contribution in [3.63, 3.8) is 0 Å². The molecule has 118 valence electrons. The summed E-state index contributed by atoms with van der Waals surface area (Å²) in [4.78, 5) is 12.2. The normalized spacial score (nSPS) is 14.7. The highest BCUT2D eigenvalue weighted by Crippen LogP contribution is 2.24. The molecule has 0 saturated heterocycles. The molecule has 8 heteroatoms. The van der Waals surface area contributed by atoms with Gasteiger partial charge in [0.15, 0.2) is 11.5 Å². The topological polar surface area (TPSA) is 75.1 Å². The van der Waals surface area contributed by atoms with E-state index in [1.807, 2.05) is 36.4 Å². The van der Waals surface area contributed by atoms with Crippen LogP contribution in [0.4, 0.5) is 5.69 Å². The van der Waals surface area contributed by atoms with Gasteiger partial charge in [0.1, 0.15) is 0 Å². The quantitative estimate of drug-likeness (QED) is 0.691. The minimum atomic E-state index is -0.277. The molecule has 0 spiro atoms. The van der Waals surface area contributed by atoms with Gasteiger partial charge in [0, 0.05) is 16.1 Å². The summed E-state index contributed by atoms with van der Waals surface area (Å²) < 4.78 is 1.74. The predicted molar refractivity (Wildman–Crippen MR) is 94.9 cm³/mol. The van der Waals surface area contributed by atoms with E-state index in [-0.39, 0.29) is 5.91 Å². The molecule has 2 N–H and O–H groups in total. The summed E-state index contributed by atoms with van der Waals surface area (Å²) in [6.45, 7) is 0. The van der Waals surface area contributed by atoms with Crippen molar-refractivity contribution < 1.29 is 4.79 Å². The first-order chi connectivity index (χ1) is 11.6. The number of nitrogens with one attached hydrogen (secondary N) is 2. The summed E-state index contributed by atoms with van der Waals surface area (Å²) in [5, 5.41) is 14.7. The summed E-state index contributed by atoms with van der Waals surface area (Å²) in [7, 11) is 0. The maximum atomic E-state index is 12.2. The van der Waals surface area contributed by atoms with Gasteiger partial charge in [0.25, 0.3) is 5.91 Å². The van der Waals surface area contributed by atoms with Gasteiger partial charge in [-0.05, 0) is 42.5 Å². The van der Waals surface area contributed by atoms with Crippen molar-refractivity contribution in [2.45, 2.75) is 0 Å². The average Bonchev–Trinajstić information content (AvgIpc) is 3.10. The van der Waals surface area contributed by atoms with E-state index in [9.17, 15) is 4.79 Å². The molecular formula is C16H10ClN5OS. The number of amides is 1. The Morgan fingerprint density at radius 1 is 1.12 bits per heavy atom. The number of H-pyrrole nitrogens is 1. The molecule has 24 heavy (non-hydrogen) atoms. The number of benzene rings is 2. The Kier molecular flexibility index (Phi) is 3.51. The predicted octanol–water partition coefficient (Wildman–Crippen LogP) is 3.47. The van der Waals surface area contributed by atoms with Crippen LogP contribution in [0.15, 0.2) is 53.6 Å². The summed E-state index contributed by atoms with van der Waals surface area (Å²) in [5.41, 5.74) is 2.53. The molecule has 1 aliphatic heterocycles. The number of hydrogen-bond donors (Lipinski definition) is 2. The number of halogens is 1. The molecule has 0 radical (unpaired) electrons. The van der Waals surface area contributed by atoms with E-state index in [1.165, 1.54) is 4.68 Å². The zero-order valence-electron chi connectivity index (χ0n) is 12.2. The number of hydrogen-bond acceptors (Lipinski definition) is 4. The molecule has 0 fully saturated rings. The second-order valence-corrected chi connectivity index (χ2v) is 5.94. The highest BCUT2D eigenvalue weighted by atomic mass is 35.5. The molecule has 0 atom stereocenters. The standard InChI is InChI=1S/C16H10ClN5OS/c17-10-7-5-9(6-8-10)14-19-20-16(24)22(14)21-13-11-3-1-2-4-12(11)18-15(13)23/h1-8H,(H,20,24)(H,18,21,23). The second-order valence-electron chi connectivity index (χ2n) is 5.12. The minimum absolute atomic E-state index is 0.277. The van der Waals surface area contributed by atoms with Gasteiger partial charge in [-0.2, -0.15) is 14.9 Å². The first-order valence-corrected chi connectivity index (χ1v) is 7.85. The number of nitrogens with zero attached hydrogens (tertiary/aromatic N) is 3. The van der Waals surface area contributed by atoms with E-state index in [0.29, 0.717) is 21.3 Å². The van der Waals surface area contributed by atoms with Crippen LogP contribution < -0.4 is 5.32 Å². The van der Waals surface area contributed by atoms with Crippen LogP contribution in [0, 0.1) is 4.77 Å². The highest BCUT2D eigenvalue weighted by Gasteiger charge is 2.26. The Morgan fingerprint density at radius 2 is 1.88 bits per heavy atom. The van der Waals surface area contributed by atoms with E-state index in [0.717, 1.165) is 16.8 Å². The lowest BCUT2D eigenvalue weighted by molar-refractivity contribution is -0.110. The van der Waals surface area contributed by atoms with Crippen LogP contribution in [-0.4, -0.2) is 26.5 Å². The fraction of sp³-hybridized carbons (Fsp3) is 0. The largest absolute Gasteiger partial charge is 0.320 e. The molecule has 1 aliphatic rings. The van der Waals surface area contributed by atoms with Crippen molar-refractivity contribution in [1.29, 1.82) is 0 Å². The van der Waals surface area contributed by atoms with Gasteiger partial charge >= 0.3 is 0 Å². The van der Waals surface area contributed by atoms with Crippen molar-refractivity contribution in [2.75, 3.05) is 5.32 Å². The zero-order chi connectivity index (χ0) is 16.7. The number of rotatable bonds is 2. The smallest absolute Gasteiger partial charge is 0.276 e. The Bertz CT molecular complexity index is 1040. The minimum Gasteiger partial charge on any atom is -0.320 e. The summed E-state index contributed by atoms with van der Waals surface area (Å²) in [6, 6.07) is 14.5. The Labute approximate surface area is 146 Å². The maximum absolute atomic E-state index is 12.2. The van der Waals surface area contributed by atoms with Crippen LogP contribution in [0.5, 0.6) is 0 Å². The number of carbonyl (C=O) groups is 1. The monoisotopic (exact) mass is 355 g/mol. The molecule has 2 heterocycles. The van der Waals surface area contributed by atoms with Gasteiger partial charge < -0.3 is 5.32 Å². The maximum Gasteiger partial charge on any atom is 0.276 e. The number of aromatic amines is 1. The number of para-hydroxylation sites is 1. The van der Waals surface area contributed by atoms with Crippen LogP contribution in [0.25, 0.3) is 11.4 Å². The molecule has 4 rings (SSSR count). The molecule has 1 amide bonds. The Balaban J connectivity index is 1.87. The van der Waals surface area contributed by atoms with E-state index < -0.39 is 0 Å². The highest BCUT2D eigenvalue weighted by molar-refractivity contribution is 7.71. The number of fused-ring (bicyclic) bond motifs is 1. The fourth-order valence-corrected chi connectivity index (χ4v) is 2.77. The third-order valence-electron chi connectivity index (χ3n) is 3.60. The lowest BCUT2D eigenvalue weighted by atomic mass is 10.1. The SMILES string of the molecule is O=C1Nc2ccccc2/C1=N/n1c(-c2ccc(Cl)cc2)n[nH]c1=S. The van der Waals surface area contributed by atoms with E-state index in [4.69, 9.17) is 23.8 Å². The number of anilines is 1. The van der Waals surface area contributed by atoms with Crippen LogP contribution in [0.1, 0.15) is 5.56 Å². The van der Waals surface area contributed by atoms with Gasteiger partial charge in [-0.1, -0.05) is 29.8 Å². The van der Waals surface area contributed by atoms with E-state index in [1.54, 1.807) is 12.1 Å². The van der Waals surface area contributed by atoms with E-state index in [2.05, 4.69) is 20.6 Å². The molecule has 6 nitrogen and oxygen atoms in total. The lowest BCUT2D eigenvalue weighted by Gasteiger charge is -2.02. The molecule has 0 unspecified atom stereocenters. The van der Waals surface area contributed by atoms with Crippen molar-refractivity contribution in [3.05, 3.63) is 63.9 Å². The van der Waals surface area contributed by atoms with Crippen LogP contribution >= 0.6 is 23.8 Å².